The molecule has 3 aliphatic rings. The minimum Gasteiger partial charge on any atom is -0.356 e. The number of Topliss-reactive ketones (excluding diaryl/α,β-unsaturated/α-hetero) is 1. The third-order valence-electron chi connectivity index (χ3n) is 4.40. The fourth-order valence-electron chi connectivity index (χ4n) is 3.18. The molecule has 1 saturated carbocycles. The van der Waals surface area contributed by atoms with Crippen LogP contribution >= 0.6 is 0 Å². The van der Waals surface area contributed by atoms with Crippen molar-refractivity contribution in [1.29, 1.82) is 0 Å². The van der Waals surface area contributed by atoms with E-state index in [0.29, 0.717) is 6.54 Å². The SMILES string of the molecule is Cc1ccc(S(=O)(=O)N2CC=C3[C@H]2CC(=O)[C@H]2O[C@@H]32)cc1. The number of benzene rings is 1. The lowest BCUT2D eigenvalue weighted by Gasteiger charge is -2.27. The zero-order valence-electron chi connectivity index (χ0n) is 11.5. The van der Waals surface area contributed by atoms with Gasteiger partial charge in [-0.1, -0.05) is 23.8 Å². The van der Waals surface area contributed by atoms with Gasteiger partial charge in [0.15, 0.2) is 5.78 Å². The highest BCUT2D eigenvalue weighted by Crippen LogP contribution is 2.44. The summed E-state index contributed by atoms with van der Waals surface area (Å²) in [5, 5.41) is 0. The second-order valence-electron chi connectivity index (χ2n) is 5.76. The van der Waals surface area contributed by atoms with E-state index in [9.17, 15) is 13.2 Å². The Bertz CT molecular complexity index is 750. The van der Waals surface area contributed by atoms with Crippen LogP contribution in [-0.2, 0) is 19.6 Å². The van der Waals surface area contributed by atoms with Crippen LogP contribution in [0.1, 0.15) is 12.0 Å². The fourth-order valence-corrected chi connectivity index (χ4v) is 4.73. The third-order valence-corrected chi connectivity index (χ3v) is 6.29. The first kappa shape index (κ1) is 13.2. The minimum atomic E-state index is -3.58. The average molecular weight is 305 g/mol. The fraction of sp³-hybridized carbons (Fsp3) is 0.400. The first-order valence-corrected chi connectivity index (χ1v) is 8.39. The quantitative estimate of drug-likeness (QED) is 0.605. The molecule has 0 N–H and O–H groups in total. The van der Waals surface area contributed by atoms with E-state index in [1.165, 1.54) is 4.31 Å². The minimum absolute atomic E-state index is 0.00755. The third kappa shape index (κ3) is 1.90. The molecule has 0 unspecified atom stereocenters. The van der Waals surface area contributed by atoms with Crippen LogP contribution in [-0.4, -0.2) is 43.3 Å². The van der Waals surface area contributed by atoms with Gasteiger partial charge in [-0.15, -0.1) is 0 Å². The molecule has 2 fully saturated rings. The lowest BCUT2D eigenvalue weighted by Crippen LogP contribution is -2.42. The van der Waals surface area contributed by atoms with Crippen molar-refractivity contribution in [1.82, 2.24) is 4.31 Å². The van der Waals surface area contributed by atoms with Crippen molar-refractivity contribution in [3.63, 3.8) is 0 Å². The molecule has 0 amide bonds. The summed E-state index contributed by atoms with van der Waals surface area (Å²) in [5.74, 6) is 0.00755. The van der Waals surface area contributed by atoms with E-state index in [-0.39, 0.29) is 35.3 Å². The summed E-state index contributed by atoms with van der Waals surface area (Å²) in [6.07, 6.45) is 1.61. The summed E-state index contributed by atoms with van der Waals surface area (Å²) in [6.45, 7) is 2.23. The summed E-state index contributed by atoms with van der Waals surface area (Å²) in [4.78, 5) is 12.1. The predicted octanol–water partition coefficient (Wildman–Crippen LogP) is 1.03. The van der Waals surface area contributed by atoms with Crippen LogP contribution in [0, 0.1) is 6.92 Å². The highest BCUT2D eigenvalue weighted by molar-refractivity contribution is 7.89. The van der Waals surface area contributed by atoms with Crippen molar-refractivity contribution in [3.8, 4) is 0 Å². The lowest BCUT2D eigenvalue weighted by molar-refractivity contribution is -0.121. The maximum atomic E-state index is 12.8. The van der Waals surface area contributed by atoms with Crippen LogP contribution in [0.5, 0.6) is 0 Å². The summed E-state index contributed by atoms with van der Waals surface area (Å²) >= 11 is 0. The Morgan fingerprint density at radius 2 is 1.90 bits per heavy atom. The normalized spacial score (nSPS) is 31.6. The van der Waals surface area contributed by atoms with Gasteiger partial charge in [0.2, 0.25) is 10.0 Å². The van der Waals surface area contributed by atoms with Gasteiger partial charge in [-0.2, -0.15) is 4.31 Å². The molecule has 0 spiro atoms. The van der Waals surface area contributed by atoms with Crippen LogP contribution in [0.2, 0.25) is 0 Å². The van der Waals surface area contributed by atoms with Crippen molar-refractivity contribution in [2.24, 2.45) is 0 Å². The Morgan fingerprint density at radius 3 is 2.62 bits per heavy atom. The first-order valence-electron chi connectivity index (χ1n) is 6.95. The van der Waals surface area contributed by atoms with Gasteiger partial charge in [0.25, 0.3) is 0 Å². The van der Waals surface area contributed by atoms with Gasteiger partial charge < -0.3 is 4.74 Å². The molecule has 1 saturated heterocycles. The number of ketones is 1. The summed E-state index contributed by atoms with van der Waals surface area (Å²) < 4.78 is 32.3. The molecule has 1 aliphatic carbocycles. The topological polar surface area (TPSA) is 67.0 Å². The first-order chi connectivity index (χ1) is 9.98. The van der Waals surface area contributed by atoms with Crippen molar-refractivity contribution in [3.05, 3.63) is 41.5 Å². The second-order valence-corrected chi connectivity index (χ2v) is 7.65. The van der Waals surface area contributed by atoms with Crippen molar-refractivity contribution >= 4 is 15.8 Å². The molecule has 110 valence electrons. The number of carbonyl (C=O) groups excluding carboxylic acids is 1. The van der Waals surface area contributed by atoms with E-state index in [4.69, 9.17) is 4.74 Å². The summed E-state index contributed by atoms with van der Waals surface area (Å²) in [5.41, 5.74) is 1.96. The maximum Gasteiger partial charge on any atom is 0.243 e. The van der Waals surface area contributed by atoms with E-state index in [1.807, 2.05) is 13.0 Å². The Kier molecular flexibility index (Phi) is 2.67. The molecule has 6 heteroatoms. The zero-order valence-corrected chi connectivity index (χ0v) is 12.3. The van der Waals surface area contributed by atoms with E-state index in [0.717, 1.165) is 11.1 Å². The number of fused-ring (bicyclic) bond motifs is 3. The number of nitrogens with zero attached hydrogens (tertiary/aromatic N) is 1. The number of epoxide rings is 1. The average Bonchev–Trinajstić information content (AvgIpc) is 3.14. The molecule has 21 heavy (non-hydrogen) atoms. The highest BCUT2D eigenvalue weighted by atomic mass is 32.2. The smallest absolute Gasteiger partial charge is 0.243 e. The van der Waals surface area contributed by atoms with Gasteiger partial charge in [-0.3, -0.25) is 4.79 Å². The number of carbonyl (C=O) groups is 1. The molecule has 0 bridgehead atoms. The summed E-state index contributed by atoms with van der Waals surface area (Å²) in [6, 6.07) is 6.42. The molecule has 0 aromatic heterocycles. The Labute approximate surface area is 123 Å². The standard InChI is InChI=1S/C15H15NO4S/c1-9-2-4-10(5-3-9)21(18,19)16-7-6-11-12(16)8-13(17)15-14(11)20-15/h2-6,12,14-15H,7-8H2,1H3/t12-,14+,15-/m1/s1. The van der Waals surface area contributed by atoms with Gasteiger partial charge >= 0.3 is 0 Å². The number of hydrogen-bond donors (Lipinski definition) is 0. The molecule has 1 aromatic carbocycles. The Hall–Kier alpha value is -1.50. The second kappa shape index (κ2) is 4.25. The molecular formula is C15H15NO4S. The Balaban J connectivity index is 1.68. The highest BCUT2D eigenvalue weighted by Gasteiger charge is 2.57. The van der Waals surface area contributed by atoms with Crippen LogP contribution < -0.4 is 0 Å². The van der Waals surface area contributed by atoms with Crippen LogP contribution in [0.25, 0.3) is 0 Å². The van der Waals surface area contributed by atoms with Crippen molar-refractivity contribution in [2.75, 3.05) is 6.54 Å². The van der Waals surface area contributed by atoms with Gasteiger partial charge in [-0.05, 0) is 24.6 Å². The van der Waals surface area contributed by atoms with Crippen molar-refractivity contribution < 1.29 is 17.9 Å². The molecule has 3 atom stereocenters. The van der Waals surface area contributed by atoms with E-state index in [1.54, 1.807) is 24.3 Å². The monoisotopic (exact) mass is 305 g/mol. The molecule has 2 aliphatic heterocycles. The predicted molar refractivity (Wildman–Crippen MR) is 75.2 cm³/mol. The number of hydrogen-bond acceptors (Lipinski definition) is 4. The Morgan fingerprint density at radius 1 is 1.19 bits per heavy atom. The molecule has 0 radical (unpaired) electrons. The number of aryl methyl sites for hydroxylation is 1. The van der Waals surface area contributed by atoms with Crippen LogP contribution in [0.15, 0.2) is 40.8 Å². The molecular weight excluding hydrogens is 290 g/mol. The zero-order chi connectivity index (χ0) is 14.8. The van der Waals surface area contributed by atoms with Crippen molar-refractivity contribution in [2.45, 2.75) is 36.5 Å². The summed E-state index contributed by atoms with van der Waals surface area (Å²) in [7, 11) is -3.58. The molecule has 1 aromatic rings. The largest absolute Gasteiger partial charge is 0.356 e. The van der Waals surface area contributed by atoms with Crippen LogP contribution in [0.4, 0.5) is 0 Å². The lowest BCUT2D eigenvalue weighted by atomic mass is 9.91. The van der Waals surface area contributed by atoms with Gasteiger partial charge in [0.1, 0.15) is 12.2 Å². The van der Waals surface area contributed by atoms with Gasteiger partial charge in [0, 0.05) is 13.0 Å². The molecule has 4 rings (SSSR count). The molecule has 5 nitrogen and oxygen atoms in total. The van der Waals surface area contributed by atoms with E-state index < -0.39 is 10.0 Å². The number of rotatable bonds is 2. The van der Waals surface area contributed by atoms with Crippen LogP contribution in [0.3, 0.4) is 0 Å². The number of ether oxygens (including phenoxy) is 1. The maximum absolute atomic E-state index is 12.8. The molecule has 2 heterocycles. The number of sulfonamides is 1. The van der Waals surface area contributed by atoms with E-state index >= 15 is 0 Å². The van der Waals surface area contributed by atoms with Gasteiger partial charge in [-0.25, -0.2) is 8.42 Å². The van der Waals surface area contributed by atoms with E-state index in [2.05, 4.69) is 0 Å². The van der Waals surface area contributed by atoms with Gasteiger partial charge in [0.05, 0.1) is 10.9 Å².